The summed E-state index contributed by atoms with van der Waals surface area (Å²) in [5, 5.41) is 0. The smallest absolute Gasteiger partial charge is 0.255 e. The van der Waals surface area contributed by atoms with Crippen molar-refractivity contribution in [3.8, 4) is 5.75 Å². The molecule has 0 aliphatic heterocycles. The monoisotopic (exact) mass is 248 g/mol. The van der Waals surface area contributed by atoms with E-state index in [2.05, 4.69) is 9.97 Å². The van der Waals surface area contributed by atoms with E-state index in [1.54, 1.807) is 13.3 Å². The molecule has 0 aliphatic carbocycles. The first-order valence-corrected chi connectivity index (χ1v) is 5.53. The van der Waals surface area contributed by atoms with E-state index in [0.717, 1.165) is 11.3 Å². The number of ether oxygens (including phenoxy) is 1. The molecule has 2 aromatic rings. The van der Waals surface area contributed by atoms with Crippen molar-refractivity contribution in [3.05, 3.63) is 56.7 Å². The lowest BCUT2D eigenvalue weighted by atomic mass is 10.1. The summed E-state index contributed by atoms with van der Waals surface area (Å²) in [6.07, 6.45) is 2.18. The molecule has 1 aromatic carbocycles. The topological polar surface area (TPSA) is 57.9 Å². The molecule has 5 heteroatoms. The molecular weight excluding hydrogens is 236 g/mol. The molecule has 1 heterocycles. The van der Waals surface area contributed by atoms with E-state index in [0.29, 0.717) is 16.8 Å². The largest absolute Gasteiger partial charge is 0.497 e. The molecule has 0 unspecified atom stereocenters. The highest BCUT2D eigenvalue weighted by atomic mass is 32.1. The first-order chi connectivity index (χ1) is 8.19. The van der Waals surface area contributed by atoms with Crippen LogP contribution in [-0.2, 0) is 6.42 Å². The van der Waals surface area contributed by atoms with Gasteiger partial charge in [-0.25, -0.2) is 0 Å². The van der Waals surface area contributed by atoms with Gasteiger partial charge in [0.1, 0.15) is 5.75 Å². The zero-order chi connectivity index (χ0) is 12.3. The Kier molecular flexibility index (Phi) is 3.39. The third kappa shape index (κ3) is 2.82. The highest BCUT2D eigenvalue weighted by Gasteiger charge is 2.02. The summed E-state index contributed by atoms with van der Waals surface area (Å²) in [4.78, 5) is 17.0. The summed E-state index contributed by atoms with van der Waals surface area (Å²) >= 11 is 4.83. The summed E-state index contributed by atoms with van der Waals surface area (Å²) in [5.41, 5.74) is 1.50. The van der Waals surface area contributed by atoms with Crippen LogP contribution in [0.5, 0.6) is 5.75 Å². The van der Waals surface area contributed by atoms with Gasteiger partial charge in [0, 0.05) is 18.2 Å². The lowest BCUT2D eigenvalue weighted by Crippen LogP contribution is -2.13. The Morgan fingerprint density at radius 2 is 2.24 bits per heavy atom. The van der Waals surface area contributed by atoms with Crippen LogP contribution in [0, 0.1) is 4.77 Å². The van der Waals surface area contributed by atoms with E-state index in [-0.39, 0.29) is 5.56 Å². The van der Waals surface area contributed by atoms with E-state index < -0.39 is 0 Å². The number of aromatic nitrogens is 2. The minimum absolute atomic E-state index is 0.156. The molecule has 0 fully saturated rings. The van der Waals surface area contributed by atoms with Gasteiger partial charge in [-0.1, -0.05) is 12.1 Å². The van der Waals surface area contributed by atoms with Crippen LogP contribution in [0.4, 0.5) is 0 Å². The van der Waals surface area contributed by atoms with Crippen LogP contribution in [0.1, 0.15) is 11.1 Å². The van der Waals surface area contributed by atoms with Gasteiger partial charge in [0.25, 0.3) is 5.56 Å². The van der Waals surface area contributed by atoms with Crippen molar-refractivity contribution in [2.45, 2.75) is 6.42 Å². The SMILES string of the molecule is COc1cccc(Cc2c[nH]c(=S)[nH]c2=O)c1. The fourth-order valence-corrected chi connectivity index (χ4v) is 1.72. The summed E-state index contributed by atoms with van der Waals surface area (Å²) in [6.45, 7) is 0. The van der Waals surface area contributed by atoms with Crippen LogP contribution in [0.25, 0.3) is 0 Å². The maximum absolute atomic E-state index is 11.6. The lowest BCUT2D eigenvalue weighted by molar-refractivity contribution is 0.414. The lowest BCUT2D eigenvalue weighted by Gasteiger charge is -2.03. The van der Waals surface area contributed by atoms with Crippen LogP contribution < -0.4 is 10.3 Å². The van der Waals surface area contributed by atoms with Crippen molar-refractivity contribution in [2.75, 3.05) is 7.11 Å². The van der Waals surface area contributed by atoms with Crippen LogP contribution in [0.15, 0.2) is 35.3 Å². The van der Waals surface area contributed by atoms with E-state index in [9.17, 15) is 4.79 Å². The average Bonchev–Trinajstić information content (AvgIpc) is 2.33. The second-order valence-corrected chi connectivity index (χ2v) is 4.03. The molecule has 0 spiro atoms. The number of hydrogen-bond acceptors (Lipinski definition) is 3. The Morgan fingerprint density at radius 1 is 1.41 bits per heavy atom. The predicted octanol–water partition coefficient (Wildman–Crippen LogP) is 2.03. The second kappa shape index (κ2) is 4.97. The van der Waals surface area contributed by atoms with Gasteiger partial charge in [-0.05, 0) is 29.9 Å². The zero-order valence-corrected chi connectivity index (χ0v) is 10.1. The first-order valence-electron chi connectivity index (χ1n) is 5.13. The molecule has 88 valence electrons. The Balaban J connectivity index is 2.31. The molecule has 17 heavy (non-hydrogen) atoms. The van der Waals surface area contributed by atoms with Crippen molar-refractivity contribution >= 4 is 12.2 Å². The molecule has 0 bridgehead atoms. The molecule has 0 radical (unpaired) electrons. The quantitative estimate of drug-likeness (QED) is 0.817. The van der Waals surface area contributed by atoms with Gasteiger partial charge < -0.3 is 9.72 Å². The Morgan fingerprint density at radius 3 is 2.94 bits per heavy atom. The van der Waals surface area contributed by atoms with Crippen LogP contribution in [-0.4, -0.2) is 17.1 Å². The van der Waals surface area contributed by atoms with E-state index >= 15 is 0 Å². The summed E-state index contributed by atoms with van der Waals surface area (Å²) in [7, 11) is 1.62. The molecule has 0 saturated heterocycles. The molecule has 1 aromatic heterocycles. The summed E-state index contributed by atoms with van der Waals surface area (Å²) < 4.78 is 5.47. The first kappa shape index (κ1) is 11.6. The van der Waals surface area contributed by atoms with Crippen molar-refractivity contribution in [1.82, 2.24) is 9.97 Å². The fourth-order valence-electron chi connectivity index (χ4n) is 1.57. The standard InChI is InChI=1S/C12H12N2O2S/c1-16-10-4-2-3-8(6-10)5-9-7-13-12(17)14-11(9)15/h2-4,6-7H,5H2,1H3,(H2,13,14,15,17). The number of hydrogen-bond donors (Lipinski definition) is 2. The van der Waals surface area contributed by atoms with E-state index in [1.165, 1.54) is 0 Å². The van der Waals surface area contributed by atoms with E-state index in [4.69, 9.17) is 17.0 Å². The van der Waals surface area contributed by atoms with Crippen molar-refractivity contribution in [1.29, 1.82) is 0 Å². The average molecular weight is 248 g/mol. The van der Waals surface area contributed by atoms with Crippen molar-refractivity contribution in [3.63, 3.8) is 0 Å². The maximum Gasteiger partial charge on any atom is 0.255 e. The van der Waals surface area contributed by atoms with Crippen LogP contribution in [0.2, 0.25) is 0 Å². The number of benzene rings is 1. The van der Waals surface area contributed by atoms with Gasteiger partial charge >= 0.3 is 0 Å². The van der Waals surface area contributed by atoms with Crippen molar-refractivity contribution < 1.29 is 4.74 Å². The van der Waals surface area contributed by atoms with Crippen LogP contribution in [0.3, 0.4) is 0 Å². The highest BCUT2D eigenvalue weighted by molar-refractivity contribution is 7.71. The number of rotatable bonds is 3. The van der Waals surface area contributed by atoms with E-state index in [1.807, 2.05) is 24.3 Å². The predicted molar refractivity (Wildman–Crippen MR) is 68.0 cm³/mol. The molecular formula is C12H12N2O2S. The molecule has 2 N–H and O–H groups in total. The Bertz CT molecular complexity index is 631. The minimum Gasteiger partial charge on any atom is -0.497 e. The third-order valence-electron chi connectivity index (χ3n) is 2.42. The number of H-pyrrole nitrogens is 2. The van der Waals surface area contributed by atoms with Gasteiger partial charge in [0.15, 0.2) is 4.77 Å². The van der Waals surface area contributed by atoms with Gasteiger partial charge in [0.05, 0.1) is 7.11 Å². The number of aromatic amines is 2. The molecule has 0 amide bonds. The number of nitrogens with one attached hydrogen (secondary N) is 2. The maximum atomic E-state index is 11.6. The fraction of sp³-hybridized carbons (Fsp3) is 0.167. The normalized spacial score (nSPS) is 10.2. The second-order valence-electron chi connectivity index (χ2n) is 3.63. The van der Waals surface area contributed by atoms with Gasteiger partial charge in [0.2, 0.25) is 0 Å². The molecule has 4 nitrogen and oxygen atoms in total. The minimum atomic E-state index is -0.156. The molecule has 0 saturated carbocycles. The molecule has 0 aliphatic rings. The third-order valence-corrected chi connectivity index (χ3v) is 2.64. The molecule has 0 atom stereocenters. The Hall–Kier alpha value is -1.88. The zero-order valence-electron chi connectivity index (χ0n) is 9.32. The van der Waals surface area contributed by atoms with Gasteiger partial charge in [-0.15, -0.1) is 0 Å². The van der Waals surface area contributed by atoms with Gasteiger partial charge in [-0.2, -0.15) is 0 Å². The van der Waals surface area contributed by atoms with Gasteiger partial charge in [-0.3, -0.25) is 9.78 Å². The number of methoxy groups -OCH3 is 1. The summed E-state index contributed by atoms with van der Waals surface area (Å²) in [5.74, 6) is 0.780. The molecule has 2 rings (SSSR count). The summed E-state index contributed by atoms with van der Waals surface area (Å²) in [6, 6.07) is 7.62. The Labute approximate surface area is 103 Å². The van der Waals surface area contributed by atoms with Crippen LogP contribution >= 0.6 is 12.2 Å². The highest BCUT2D eigenvalue weighted by Crippen LogP contribution is 2.14. The van der Waals surface area contributed by atoms with Crippen molar-refractivity contribution in [2.24, 2.45) is 0 Å².